The second-order valence-electron chi connectivity index (χ2n) is 8.17. The van der Waals surface area contributed by atoms with Gasteiger partial charge in [-0.3, -0.25) is 4.98 Å². The molecule has 1 aliphatic carbocycles. The van der Waals surface area contributed by atoms with Crippen LogP contribution < -0.4 is 4.72 Å². The molecule has 0 aliphatic heterocycles. The maximum atomic E-state index is 13.5. The van der Waals surface area contributed by atoms with E-state index in [-0.39, 0.29) is 16.8 Å². The number of fused-ring (bicyclic) bond motifs is 1. The molecule has 178 valence electrons. The van der Waals surface area contributed by atoms with Gasteiger partial charge < -0.3 is 0 Å². The topological polar surface area (TPSA) is 84.8 Å². The van der Waals surface area contributed by atoms with Gasteiger partial charge in [0.1, 0.15) is 0 Å². The van der Waals surface area contributed by atoms with Crippen molar-refractivity contribution >= 4 is 16.0 Å². The predicted molar refractivity (Wildman–Crippen MR) is 124 cm³/mol. The average Bonchev–Trinajstić information content (AvgIpc) is 3.27. The smallest absolute Gasteiger partial charge is 0.264 e. The number of aromatic nitrogens is 3. The third-order valence-corrected chi connectivity index (χ3v) is 7.35. The zero-order chi connectivity index (χ0) is 24.6. The van der Waals surface area contributed by atoms with E-state index in [1.54, 1.807) is 42.7 Å². The first-order valence-electron chi connectivity index (χ1n) is 10.8. The van der Waals surface area contributed by atoms with Crippen molar-refractivity contribution in [2.45, 2.75) is 29.8 Å². The molecule has 2 aromatic heterocycles. The van der Waals surface area contributed by atoms with E-state index in [4.69, 9.17) is 0 Å². The summed E-state index contributed by atoms with van der Waals surface area (Å²) in [6, 6.07) is 13.6. The minimum Gasteiger partial charge on any atom is -0.264 e. The Morgan fingerprint density at radius 1 is 0.914 bits per heavy atom. The third kappa shape index (κ3) is 4.61. The second kappa shape index (κ2) is 8.77. The van der Waals surface area contributed by atoms with Crippen LogP contribution in [0.4, 0.5) is 19.1 Å². The molecule has 0 unspecified atom stereocenters. The molecule has 0 radical (unpaired) electrons. The van der Waals surface area contributed by atoms with Crippen LogP contribution >= 0.6 is 0 Å². The molecule has 2 heterocycles. The molecule has 2 aromatic carbocycles. The van der Waals surface area contributed by atoms with Crippen molar-refractivity contribution in [2.24, 2.45) is 0 Å². The van der Waals surface area contributed by atoms with Crippen molar-refractivity contribution < 1.29 is 21.6 Å². The number of hydrogen-bond donors (Lipinski definition) is 1. The molecular weight excluding hydrogens is 477 g/mol. The van der Waals surface area contributed by atoms with Gasteiger partial charge in [-0.25, -0.2) is 23.1 Å². The van der Waals surface area contributed by atoms with Crippen molar-refractivity contribution in [1.82, 2.24) is 15.0 Å². The molecule has 1 N–H and O–H groups in total. The number of aryl methyl sites for hydroxylation is 1. The Kier molecular flexibility index (Phi) is 5.76. The van der Waals surface area contributed by atoms with Crippen LogP contribution in [-0.2, 0) is 22.6 Å². The van der Waals surface area contributed by atoms with Crippen LogP contribution in [0.3, 0.4) is 0 Å². The molecule has 0 amide bonds. The van der Waals surface area contributed by atoms with Gasteiger partial charge in [0, 0.05) is 36.3 Å². The van der Waals surface area contributed by atoms with E-state index in [1.165, 1.54) is 24.5 Å². The summed E-state index contributed by atoms with van der Waals surface area (Å²) in [5.41, 5.74) is 2.80. The van der Waals surface area contributed by atoms with Gasteiger partial charge in [-0.2, -0.15) is 13.2 Å². The van der Waals surface area contributed by atoms with Gasteiger partial charge in [0.15, 0.2) is 0 Å². The van der Waals surface area contributed by atoms with Gasteiger partial charge in [0.05, 0.1) is 10.5 Å². The number of pyridine rings is 1. The van der Waals surface area contributed by atoms with Gasteiger partial charge >= 0.3 is 6.18 Å². The fourth-order valence-corrected chi connectivity index (χ4v) is 5.43. The van der Waals surface area contributed by atoms with Gasteiger partial charge in [-0.1, -0.05) is 18.2 Å². The van der Waals surface area contributed by atoms with E-state index in [9.17, 15) is 21.6 Å². The number of nitrogens with one attached hydrogen (secondary N) is 1. The number of hydrogen-bond acceptors (Lipinski definition) is 5. The van der Waals surface area contributed by atoms with Crippen molar-refractivity contribution in [1.29, 1.82) is 0 Å². The van der Waals surface area contributed by atoms with Crippen LogP contribution in [0.25, 0.3) is 11.1 Å². The first kappa shape index (κ1) is 23.0. The van der Waals surface area contributed by atoms with Gasteiger partial charge in [-0.15, -0.1) is 0 Å². The minimum atomic E-state index is -4.47. The van der Waals surface area contributed by atoms with Gasteiger partial charge in [-0.05, 0) is 71.5 Å². The number of halogens is 3. The summed E-state index contributed by atoms with van der Waals surface area (Å²) in [5.74, 6) is -0.207. The Hall–Kier alpha value is -3.79. The van der Waals surface area contributed by atoms with Gasteiger partial charge in [0.2, 0.25) is 5.95 Å². The Bertz CT molecular complexity index is 1480. The molecule has 6 nitrogen and oxygen atoms in total. The predicted octanol–water partition coefficient (Wildman–Crippen LogP) is 5.44. The van der Waals surface area contributed by atoms with Crippen LogP contribution in [0, 0.1) is 0 Å². The van der Waals surface area contributed by atoms with Crippen LogP contribution in [0.1, 0.15) is 34.6 Å². The Balaban J connectivity index is 1.53. The molecule has 4 aromatic rings. The lowest BCUT2D eigenvalue weighted by molar-refractivity contribution is -0.137. The van der Waals surface area contributed by atoms with E-state index < -0.39 is 21.8 Å². The highest BCUT2D eigenvalue weighted by atomic mass is 32.2. The number of rotatable bonds is 5. The molecule has 1 aliphatic rings. The van der Waals surface area contributed by atoms with E-state index >= 15 is 0 Å². The third-order valence-electron chi connectivity index (χ3n) is 6.02. The molecule has 35 heavy (non-hydrogen) atoms. The fraction of sp³-hybridized carbons (Fsp3) is 0.160. The first-order valence-corrected chi connectivity index (χ1v) is 12.2. The van der Waals surface area contributed by atoms with Crippen LogP contribution in [0.5, 0.6) is 0 Å². The highest BCUT2D eigenvalue weighted by Crippen LogP contribution is 2.44. The summed E-state index contributed by atoms with van der Waals surface area (Å²) in [6.45, 7) is 0. The molecule has 1 atom stereocenters. The standard InChI is InChI=1S/C25H19F3N4O2S/c26-25(27,28)18-5-8-22(23(14-18)17-3-1-10-29-15-17)21-7-4-16-13-19(6-9-20(16)21)35(33,34)32-24-30-11-2-12-31-24/h1-3,5-6,8-15,21H,4,7H2,(H,30,31,32)/t21-/m0/s1. The zero-order valence-corrected chi connectivity index (χ0v) is 19.0. The molecule has 5 rings (SSSR count). The SMILES string of the molecule is O=S(=O)(Nc1ncccn1)c1ccc2c(c1)CC[C@@H]2c1ccc(C(F)(F)F)cc1-c1cccnc1. The number of alkyl halides is 3. The number of benzene rings is 2. The lowest BCUT2D eigenvalue weighted by Crippen LogP contribution is -2.15. The van der Waals surface area contributed by atoms with E-state index in [2.05, 4.69) is 19.7 Å². The number of sulfonamides is 1. The van der Waals surface area contributed by atoms with Gasteiger partial charge in [0.25, 0.3) is 10.0 Å². The first-order chi connectivity index (χ1) is 16.7. The summed E-state index contributed by atoms with van der Waals surface area (Å²) in [6.07, 6.45) is 2.75. The lowest BCUT2D eigenvalue weighted by Gasteiger charge is -2.19. The Labute approximate surface area is 200 Å². The molecule has 0 saturated heterocycles. The highest BCUT2D eigenvalue weighted by Gasteiger charge is 2.33. The van der Waals surface area contributed by atoms with Crippen molar-refractivity contribution in [3.05, 3.63) is 102 Å². The van der Waals surface area contributed by atoms with E-state index in [1.807, 2.05) is 0 Å². The lowest BCUT2D eigenvalue weighted by atomic mass is 9.86. The van der Waals surface area contributed by atoms with Crippen molar-refractivity contribution in [2.75, 3.05) is 4.72 Å². The van der Waals surface area contributed by atoms with E-state index in [0.29, 0.717) is 24.0 Å². The Morgan fingerprint density at radius 2 is 1.69 bits per heavy atom. The number of nitrogens with zero attached hydrogens (tertiary/aromatic N) is 3. The summed E-state index contributed by atoms with van der Waals surface area (Å²) in [5, 5.41) is 0. The van der Waals surface area contributed by atoms with Crippen LogP contribution in [0.2, 0.25) is 0 Å². The van der Waals surface area contributed by atoms with Crippen molar-refractivity contribution in [3.63, 3.8) is 0 Å². The van der Waals surface area contributed by atoms with Crippen molar-refractivity contribution in [3.8, 4) is 11.1 Å². The molecular formula is C25H19F3N4O2S. The molecule has 0 bridgehead atoms. The summed E-state index contributed by atoms with van der Waals surface area (Å²) < 4.78 is 68.4. The van der Waals surface area contributed by atoms with E-state index in [0.717, 1.165) is 28.8 Å². The fourth-order valence-electron chi connectivity index (χ4n) is 4.42. The maximum Gasteiger partial charge on any atom is 0.416 e. The largest absolute Gasteiger partial charge is 0.416 e. The second-order valence-corrected chi connectivity index (χ2v) is 9.85. The summed E-state index contributed by atoms with van der Waals surface area (Å²) in [4.78, 5) is 11.9. The minimum absolute atomic E-state index is 0.0308. The van der Waals surface area contributed by atoms with Crippen LogP contribution in [0.15, 0.2) is 84.3 Å². The molecule has 10 heteroatoms. The average molecular weight is 497 g/mol. The molecule has 0 saturated carbocycles. The molecule has 0 spiro atoms. The monoisotopic (exact) mass is 496 g/mol. The number of anilines is 1. The summed E-state index contributed by atoms with van der Waals surface area (Å²) >= 11 is 0. The Morgan fingerprint density at radius 3 is 2.40 bits per heavy atom. The van der Waals surface area contributed by atoms with Crippen LogP contribution in [-0.4, -0.2) is 23.4 Å². The molecule has 0 fully saturated rings. The highest BCUT2D eigenvalue weighted by molar-refractivity contribution is 7.92. The normalized spacial score (nSPS) is 15.6. The quantitative estimate of drug-likeness (QED) is 0.398. The zero-order valence-electron chi connectivity index (χ0n) is 18.2. The summed E-state index contributed by atoms with van der Waals surface area (Å²) in [7, 11) is -3.90. The maximum absolute atomic E-state index is 13.5.